The zero-order valence-electron chi connectivity index (χ0n) is 62.1. The quantitative estimate of drug-likeness (QED) is 0.0271. The van der Waals surface area contributed by atoms with E-state index in [1.165, 1.54) is 106 Å². The van der Waals surface area contributed by atoms with Crippen LogP contribution in [0.15, 0.2) is 133 Å². The standard InChI is InChI=1S/C13H16N2O3.2C12H14N2O3.C10H12N2O2.C9H10N2O3.C7H8N2O2.C5H10.C2H3ClO.2Ac.ClH.2H2O.Pd/c1-9(2)8-14(11(4)16)13-7-12(15(17)18)6-5-10(13)3;2*1-8(15)13-7-12(2,3)10-5-4-9(14(16)17)6-11(10)13;1-10(2)6-11-9-5-7(12(13)14)3-4-8(9)10;1-6-3-4-8(11(13)14)5-9(6)10-7(2)12;1-5-2-3-6(9(10)11)4-7(5)8;1-4-5(2)3;1-2(3)4;;;;;;/h5-7H,1,8H2,2-4H3;2*4-6H,7H2,1-3H3;3-5,11H,6H2,1-2H3;3-5H,1-2H3,(H,10,12);2-4H,8H2,1H3;2,4H2,1,3H3;1H3;;;1H;2*1H2;. The van der Waals surface area contributed by atoms with Gasteiger partial charge in [-0.15, -0.1) is 19.0 Å². The molecule has 0 saturated heterocycles. The summed E-state index contributed by atoms with van der Waals surface area (Å²) in [6, 6.07) is 27.7. The van der Waals surface area contributed by atoms with Crippen molar-refractivity contribution in [1.82, 2.24) is 0 Å². The second-order valence-electron chi connectivity index (χ2n) is 25.4. The van der Waals surface area contributed by atoms with Crippen LogP contribution in [0.5, 0.6) is 0 Å². The van der Waals surface area contributed by atoms with Gasteiger partial charge in [0.25, 0.3) is 34.1 Å². The number of nitrogens with zero attached hydrogens (tertiary/aromatic N) is 9. The molecule has 31 nitrogen and oxygen atoms in total. The summed E-state index contributed by atoms with van der Waals surface area (Å²) in [7, 11) is 0. The number of nitrogens with two attached hydrogens (primary N) is 1. The third-order valence-electron chi connectivity index (χ3n) is 15.3. The summed E-state index contributed by atoms with van der Waals surface area (Å²) in [4.78, 5) is 120. The Kier molecular flexibility index (Phi) is 48.4. The number of nitro groups is 6. The SMILES string of the molecule is C=C(C)CC.C=C(C)CN(C(C)=O)c1cc([N+](=O)[O-])ccc1C.CC(=O)Cl.CC(=O)N1CC(C)(C)c2ccc([N+](=O)[O-])cc21.CC(=O)N1CC(C)(C)c2ccc([N+](=O)[O-])cc21.CC(=O)Nc1cc([N+](=O)[O-])ccc1C.CC1(C)CNc2cc([N+](=O)[O-])ccc21.Cc1ccc([N+](=O)[O-])cc1N.Cl.O.O.[Ac].[Ac].[Pd]. The molecule has 3 aliphatic heterocycles. The van der Waals surface area contributed by atoms with Crippen LogP contribution in [0, 0.1) is 170 Å². The second-order valence-corrected chi connectivity index (χ2v) is 26.0. The Hall–Kier alpha value is -7.60. The van der Waals surface area contributed by atoms with Crippen molar-refractivity contribution >= 4 is 121 Å². The fraction of sp³-hybridized carbons (Fsp3) is 0.357. The van der Waals surface area contributed by atoms with Crippen molar-refractivity contribution in [2.24, 2.45) is 0 Å². The van der Waals surface area contributed by atoms with E-state index in [9.17, 15) is 84.7 Å². The van der Waals surface area contributed by atoms with Gasteiger partial charge < -0.3 is 42.0 Å². The molecule has 36 heteroatoms. The average molecular weight is 2040 g/mol. The molecule has 0 atom stereocenters. The van der Waals surface area contributed by atoms with Crippen LogP contribution in [0.1, 0.15) is 137 Å². The number of anilines is 6. The van der Waals surface area contributed by atoms with Gasteiger partial charge in [-0.3, -0.25) is 84.7 Å². The zero-order chi connectivity index (χ0) is 76.8. The maximum atomic E-state index is 11.6. The Morgan fingerprint density at radius 1 is 0.528 bits per heavy atom. The number of carbonyl (C=O) groups is 5. The number of hydrogen-bond acceptors (Lipinski definition) is 19. The fourth-order valence-corrected chi connectivity index (χ4v) is 9.77. The normalized spacial score (nSPS) is 12.2. The maximum Gasteiger partial charge on any atom is 0.271 e. The molecule has 3 heterocycles. The number of nitrogens with one attached hydrogen (secondary N) is 2. The van der Waals surface area contributed by atoms with E-state index in [-0.39, 0.29) is 216 Å². The number of hydrogen-bond donors (Lipinski definition) is 3. The van der Waals surface area contributed by atoms with Gasteiger partial charge in [-0.05, 0) is 104 Å². The van der Waals surface area contributed by atoms with Gasteiger partial charge in [-0.25, -0.2) is 0 Å². The van der Waals surface area contributed by atoms with Gasteiger partial charge in [0.1, 0.15) is 0 Å². The maximum absolute atomic E-state index is 11.6. The van der Waals surface area contributed by atoms with Crippen molar-refractivity contribution in [2.45, 2.75) is 140 Å². The van der Waals surface area contributed by atoms with Crippen LogP contribution in [-0.2, 0) is 60.6 Å². The number of aryl methyl sites for hydroxylation is 3. The molecule has 4 amide bonds. The van der Waals surface area contributed by atoms with E-state index in [1.54, 1.807) is 66.1 Å². The van der Waals surface area contributed by atoms with E-state index in [0.717, 1.165) is 57.6 Å². The molecule has 6 aromatic rings. The average Bonchev–Trinajstić information content (AvgIpc) is 1.62. The Bertz CT molecular complexity index is 4070. The van der Waals surface area contributed by atoms with Crippen LogP contribution in [-0.4, -0.2) is 95.5 Å². The molecule has 0 unspecified atom stereocenters. The number of fused-ring (bicyclic) bond motifs is 3. The zero-order valence-corrected chi connectivity index (χ0v) is 74.8. The minimum atomic E-state index is -0.495. The summed E-state index contributed by atoms with van der Waals surface area (Å²) in [6.45, 7) is 40.5. The molecule has 106 heavy (non-hydrogen) atoms. The number of benzene rings is 6. The first-order valence-electron chi connectivity index (χ1n) is 30.8. The van der Waals surface area contributed by atoms with Crippen molar-refractivity contribution in [3.05, 3.63) is 228 Å². The summed E-state index contributed by atoms with van der Waals surface area (Å²) in [5.74, 6) is -0.579. The van der Waals surface area contributed by atoms with Gasteiger partial charge in [0.05, 0.1) is 52.3 Å². The molecular weight excluding hydrogens is 1940 g/mol. The first kappa shape index (κ1) is 107. The fourth-order valence-electron chi connectivity index (χ4n) is 9.77. The molecule has 0 saturated carbocycles. The number of nitro benzene ring substituents is 6. The van der Waals surface area contributed by atoms with Crippen LogP contribution in [0.4, 0.5) is 68.2 Å². The number of non-ortho nitro benzene ring substituents is 6. The third-order valence-corrected chi connectivity index (χ3v) is 15.3. The van der Waals surface area contributed by atoms with Crippen LogP contribution in [0.25, 0.3) is 0 Å². The number of amides is 4. The van der Waals surface area contributed by atoms with Gasteiger partial charge in [0, 0.05) is 270 Å². The molecule has 576 valence electrons. The molecule has 0 aliphatic carbocycles. The van der Waals surface area contributed by atoms with Crippen LogP contribution in [0.2, 0.25) is 0 Å². The molecule has 6 aromatic carbocycles. The van der Waals surface area contributed by atoms with E-state index in [2.05, 4.69) is 56.2 Å². The Balaban J connectivity index is -0.000000373. The minimum Gasteiger partial charge on any atom is -0.412 e. The third kappa shape index (κ3) is 33.3. The predicted octanol–water partition coefficient (Wildman–Crippen LogP) is 14.5. The molecule has 3 aliphatic rings. The number of rotatable bonds is 11. The van der Waals surface area contributed by atoms with Gasteiger partial charge >= 0.3 is 0 Å². The number of carbonyl (C=O) groups excluding carboxylic acids is 5. The summed E-state index contributed by atoms with van der Waals surface area (Å²) in [6.07, 6.45) is 1.11. The molecule has 2 radical (unpaired) electrons. The number of allylic oxidation sites excluding steroid dienone is 1. The van der Waals surface area contributed by atoms with E-state index in [1.807, 2.05) is 54.5 Å². The van der Waals surface area contributed by atoms with Crippen molar-refractivity contribution in [1.29, 1.82) is 0 Å². The van der Waals surface area contributed by atoms with E-state index >= 15 is 0 Å². The first-order valence-corrected chi connectivity index (χ1v) is 31.2. The molecule has 0 aromatic heterocycles. The molecule has 8 N–H and O–H groups in total. The van der Waals surface area contributed by atoms with Gasteiger partial charge in [0.15, 0.2) is 0 Å². The van der Waals surface area contributed by atoms with Gasteiger partial charge in [0.2, 0.25) is 28.9 Å². The Morgan fingerprint density at radius 3 is 1.18 bits per heavy atom. The number of halogens is 2. The molecule has 0 fully saturated rings. The first-order chi connectivity index (χ1) is 46.1. The predicted molar refractivity (Wildman–Crippen MR) is 404 cm³/mol. The van der Waals surface area contributed by atoms with Crippen molar-refractivity contribution in [2.75, 3.05) is 57.2 Å². The monoisotopic (exact) mass is 2030 g/mol. The molecule has 0 spiro atoms. The van der Waals surface area contributed by atoms with Crippen LogP contribution >= 0.6 is 24.0 Å². The Morgan fingerprint density at radius 2 is 0.849 bits per heavy atom. The van der Waals surface area contributed by atoms with E-state index in [0.29, 0.717) is 48.1 Å². The summed E-state index contributed by atoms with van der Waals surface area (Å²) < 4.78 is 0. The smallest absolute Gasteiger partial charge is 0.271 e. The summed E-state index contributed by atoms with van der Waals surface area (Å²) in [5, 5.41) is 68.8. The largest absolute Gasteiger partial charge is 0.412 e. The molecule has 0 bridgehead atoms. The molecular formula is C70H92Ac2Cl2N12O19Pd. The van der Waals surface area contributed by atoms with E-state index in [4.69, 9.17) is 5.73 Å². The topological polar surface area (TPSA) is 467 Å². The molecule has 9 rings (SSSR count). The van der Waals surface area contributed by atoms with Crippen molar-refractivity contribution < 1.29 is 173 Å². The van der Waals surface area contributed by atoms with Gasteiger partial charge in [-0.2, -0.15) is 0 Å². The van der Waals surface area contributed by atoms with Crippen LogP contribution in [0.3, 0.4) is 0 Å². The van der Waals surface area contributed by atoms with Crippen LogP contribution < -0.4 is 31.1 Å². The van der Waals surface area contributed by atoms with Crippen molar-refractivity contribution in [3.8, 4) is 0 Å². The van der Waals surface area contributed by atoms with Crippen molar-refractivity contribution in [3.63, 3.8) is 0 Å². The minimum absolute atomic E-state index is 0. The Labute approximate surface area is 712 Å². The van der Waals surface area contributed by atoms with E-state index < -0.39 is 24.6 Å². The van der Waals surface area contributed by atoms with Gasteiger partial charge in [-0.1, -0.05) is 84.4 Å². The summed E-state index contributed by atoms with van der Waals surface area (Å²) in [5.41, 5.74) is 16.8. The summed E-state index contributed by atoms with van der Waals surface area (Å²) >= 11 is 4.64. The number of nitrogen functional groups attached to an aromatic ring is 1. The second kappa shape index (κ2) is 47.9.